The molecule has 1 fully saturated rings. The lowest BCUT2D eigenvalue weighted by molar-refractivity contribution is -0.136. The van der Waals surface area contributed by atoms with Crippen molar-refractivity contribution in [3.8, 4) is 0 Å². The van der Waals surface area contributed by atoms with Crippen molar-refractivity contribution in [2.75, 3.05) is 31.1 Å². The van der Waals surface area contributed by atoms with Crippen molar-refractivity contribution in [3.05, 3.63) is 53.0 Å². The van der Waals surface area contributed by atoms with Crippen LogP contribution in [0.25, 0.3) is 0 Å². The van der Waals surface area contributed by atoms with Gasteiger partial charge >= 0.3 is 0 Å². The highest BCUT2D eigenvalue weighted by Crippen LogP contribution is 2.33. The van der Waals surface area contributed by atoms with E-state index in [1.165, 1.54) is 18.1 Å². The summed E-state index contributed by atoms with van der Waals surface area (Å²) in [5.41, 5.74) is 3.59. The molecule has 0 bridgehead atoms. The van der Waals surface area contributed by atoms with E-state index in [1.807, 2.05) is 11.0 Å². The van der Waals surface area contributed by atoms with E-state index in [0.717, 1.165) is 69.0 Å². The van der Waals surface area contributed by atoms with Gasteiger partial charge in [0.1, 0.15) is 5.82 Å². The average Bonchev–Trinajstić information content (AvgIpc) is 2.82. The van der Waals surface area contributed by atoms with Crippen LogP contribution in [-0.2, 0) is 22.4 Å². The van der Waals surface area contributed by atoms with Crippen LogP contribution in [0.1, 0.15) is 61.3 Å². The number of aromatic nitrogens is 2. The largest absolute Gasteiger partial charge is 0.356 e. The van der Waals surface area contributed by atoms with Crippen LogP contribution < -0.4 is 10.2 Å². The molecular weight excluding hydrogens is 402 g/mol. The smallest absolute Gasteiger partial charge is 0.242 e. The van der Waals surface area contributed by atoms with Crippen molar-refractivity contribution in [2.24, 2.45) is 0 Å². The zero-order chi connectivity index (χ0) is 22.5. The predicted molar refractivity (Wildman–Crippen MR) is 124 cm³/mol. The van der Waals surface area contributed by atoms with Crippen molar-refractivity contribution in [3.63, 3.8) is 0 Å². The Labute approximate surface area is 190 Å². The number of anilines is 1. The fraction of sp³-hybridized carbons (Fsp3) is 0.520. The lowest BCUT2D eigenvalue weighted by Crippen LogP contribution is -2.44. The van der Waals surface area contributed by atoms with Gasteiger partial charge in [-0.2, -0.15) is 0 Å². The van der Waals surface area contributed by atoms with Gasteiger partial charge in [-0.3, -0.25) is 9.59 Å². The van der Waals surface area contributed by atoms with Crippen LogP contribution in [0.3, 0.4) is 0 Å². The molecule has 0 unspecified atom stereocenters. The number of hydrogen-bond acceptors (Lipinski definition) is 5. The van der Waals surface area contributed by atoms with Crippen LogP contribution in [0.4, 0.5) is 5.82 Å². The number of benzene rings is 1. The average molecular weight is 436 g/mol. The lowest BCUT2D eigenvalue weighted by Gasteiger charge is -2.37. The quantitative estimate of drug-likeness (QED) is 0.755. The highest BCUT2D eigenvalue weighted by atomic mass is 16.2. The van der Waals surface area contributed by atoms with E-state index in [4.69, 9.17) is 9.97 Å². The minimum absolute atomic E-state index is 0.0267. The Morgan fingerprint density at radius 2 is 1.91 bits per heavy atom. The highest BCUT2D eigenvalue weighted by molar-refractivity contribution is 5.84. The zero-order valence-electron chi connectivity index (χ0n) is 19.1. The summed E-state index contributed by atoms with van der Waals surface area (Å²) < 4.78 is 0. The number of carbonyl (C=O) groups excluding carboxylic acids is 2. The van der Waals surface area contributed by atoms with Crippen LogP contribution in [-0.4, -0.2) is 52.9 Å². The molecule has 1 N–H and O–H groups in total. The molecule has 1 aromatic heterocycles. The minimum Gasteiger partial charge on any atom is -0.356 e. The van der Waals surface area contributed by atoms with Gasteiger partial charge in [0, 0.05) is 37.8 Å². The summed E-state index contributed by atoms with van der Waals surface area (Å²) in [5.74, 6) is 1.52. The third-order valence-corrected chi connectivity index (χ3v) is 6.49. The zero-order valence-corrected chi connectivity index (χ0v) is 19.1. The van der Waals surface area contributed by atoms with Gasteiger partial charge < -0.3 is 15.1 Å². The molecular formula is C25H33N5O2. The first kappa shape index (κ1) is 22.2. The number of aryl methyl sites for hydroxylation is 1. The molecule has 32 heavy (non-hydrogen) atoms. The second-order valence-corrected chi connectivity index (χ2v) is 8.80. The maximum absolute atomic E-state index is 12.8. The first-order chi connectivity index (χ1) is 15.5. The van der Waals surface area contributed by atoms with Crippen molar-refractivity contribution in [2.45, 2.75) is 58.4 Å². The summed E-state index contributed by atoms with van der Waals surface area (Å²) in [4.78, 5) is 38.3. The number of nitrogens with one attached hydrogen (secondary N) is 1. The van der Waals surface area contributed by atoms with Gasteiger partial charge in [-0.05, 0) is 51.0 Å². The molecule has 7 nitrogen and oxygen atoms in total. The number of carbonyl (C=O) groups is 2. The van der Waals surface area contributed by atoms with Crippen molar-refractivity contribution < 1.29 is 9.59 Å². The van der Waals surface area contributed by atoms with Gasteiger partial charge in [0.25, 0.3) is 0 Å². The molecule has 3 heterocycles. The topological polar surface area (TPSA) is 78.4 Å². The predicted octanol–water partition coefficient (Wildman–Crippen LogP) is 2.97. The summed E-state index contributed by atoms with van der Waals surface area (Å²) in [7, 11) is 0. The van der Waals surface area contributed by atoms with Crippen LogP contribution in [0.2, 0.25) is 0 Å². The fourth-order valence-electron chi connectivity index (χ4n) is 4.78. The Bertz CT molecular complexity index is 962. The maximum Gasteiger partial charge on any atom is 0.242 e. The van der Waals surface area contributed by atoms with Crippen molar-refractivity contribution in [1.82, 2.24) is 20.2 Å². The molecule has 2 aliphatic rings. The molecule has 2 amide bonds. The van der Waals surface area contributed by atoms with E-state index < -0.39 is 0 Å². The Hall–Kier alpha value is -2.96. The number of likely N-dealkylation sites (tertiary alicyclic amines) is 1. The SMILES string of the molecule is CC(=O)NCC(=O)N1CCCC[C@H]1c1nc(C)c2c(n1)N(CCc1ccccc1)CCC2. The summed E-state index contributed by atoms with van der Waals surface area (Å²) in [6.45, 7) is 6.12. The molecule has 1 saturated heterocycles. The van der Waals surface area contributed by atoms with Gasteiger partial charge in [0.05, 0.1) is 12.6 Å². The van der Waals surface area contributed by atoms with Crippen molar-refractivity contribution in [1.29, 1.82) is 0 Å². The van der Waals surface area contributed by atoms with E-state index in [9.17, 15) is 9.59 Å². The van der Waals surface area contributed by atoms with Gasteiger partial charge in [-0.15, -0.1) is 0 Å². The van der Waals surface area contributed by atoms with Crippen LogP contribution in [0.5, 0.6) is 0 Å². The van der Waals surface area contributed by atoms with Crippen LogP contribution >= 0.6 is 0 Å². The molecule has 0 spiro atoms. The Balaban J connectivity index is 1.57. The summed E-state index contributed by atoms with van der Waals surface area (Å²) in [6, 6.07) is 10.4. The number of amides is 2. The van der Waals surface area contributed by atoms with Gasteiger partial charge in [-0.25, -0.2) is 9.97 Å². The number of nitrogens with zero attached hydrogens (tertiary/aromatic N) is 4. The van der Waals surface area contributed by atoms with E-state index >= 15 is 0 Å². The molecule has 1 aromatic carbocycles. The molecule has 0 aliphatic carbocycles. The normalized spacial score (nSPS) is 18.2. The Morgan fingerprint density at radius 3 is 2.69 bits per heavy atom. The molecule has 0 saturated carbocycles. The van der Waals surface area contributed by atoms with E-state index in [2.05, 4.69) is 41.4 Å². The summed E-state index contributed by atoms with van der Waals surface area (Å²) in [6.07, 6.45) is 5.95. The first-order valence-corrected chi connectivity index (χ1v) is 11.7. The standard InChI is InChI=1S/C25H33N5O2/c1-18-21-11-8-14-29(16-13-20-9-4-3-5-10-20)25(21)28-24(27-18)22-12-6-7-15-30(22)23(32)17-26-19(2)31/h3-5,9-10,22H,6-8,11-17H2,1-2H3,(H,26,31)/t22-/m0/s1. The highest BCUT2D eigenvalue weighted by Gasteiger charge is 2.32. The molecule has 7 heteroatoms. The number of hydrogen-bond donors (Lipinski definition) is 1. The molecule has 4 rings (SSSR count). The third-order valence-electron chi connectivity index (χ3n) is 6.49. The van der Waals surface area contributed by atoms with Crippen molar-refractivity contribution >= 4 is 17.6 Å². The summed E-state index contributed by atoms with van der Waals surface area (Å²) in [5, 5.41) is 2.64. The fourth-order valence-corrected chi connectivity index (χ4v) is 4.78. The van der Waals surface area contributed by atoms with Crippen LogP contribution in [0.15, 0.2) is 30.3 Å². The number of rotatable bonds is 6. The van der Waals surface area contributed by atoms with E-state index in [0.29, 0.717) is 6.54 Å². The van der Waals surface area contributed by atoms with E-state index in [1.54, 1.807) is 0 Å². The summed E-state index contributed by atoms with van der Waals surface area (Å²) >= 11 is 0. The van der Waals surface area contributed by atoms with Crippen LogP contribution in [0, 0.1) is 6.92 Å². The Kier molecular flexibility index (Phi) is 7.02. The first-order valence-electron chi connectivity index (χ1n) is 11.7. The van der Waals surface area contributed by atoms with Gasteiger partial charge in [0.2, 0.25) is 11.8 Å². The molecule has 0 radical (unpaired) electrons. The third kappa shape index (κ3) is 5.09. The molecule has 170 valence electrons. The molecule has 1 atom stereocenters. The molecule has 2 aromatic rings. The number of fused-ring (bicyclic) bond motifs is 1. The minimum atomic E-state index is -0.193. The van der Waals surface area contributed by atoms with Gasteiger partial charge in [0.15, 0.2) is 5.82 Å². The monoisotopic (exact) mass is 435 g/mol. The second-order valence-electron chi connectivity index (χ2n) is 8.80. The lowest BCUT2D eigenvalue weighted by atomic mass is 9.99. The maximum atomic E-state index is 12.8. The van der Waals surface area contributed by atoms with Gasteiger partial charge in [-0.1, -0.05) is 30.3 Å². The second kappa shape index (κ2) is 10.1. The molecule has 2 aliphatic heterocycles. The number of piperidine rings is 1. The van der Waals surface area contributed by atoms with E-state index in [-0.39, 0.29) is 24.4 Å². The Morgan fingerprint density at radius 1 is 1.09 bits per heavy atom.